The number of nitrogens with zero attached hydrogens (tertiary/aromatic N) is 6. The molecule has 0 atom stereocenters. The van der Waals surface area contributed by atoms with Gasteiger partial charge < -0.3 is 14.4 Å². The maximum atomic E-state index is 13.3. The Kier molecular flexibility index (Phi) is 6.26. The van der Waals surface area contributed by atoms with Crippen LogP contribution in [0.4, 0.5) is 5.82 Å². The molecule has 2 aromatic heterocycles. The first-order chi connectivity index (χ1) is 15.7. The number of ether oxygens (including phenoxy) is 2. The summed E-state index contributed by atoms with van der Waals surface area (Å²) in [6, 6.07) is 8.61. The largest absolute Gasteiger partial charge is 0.497 e. The molecule has 0 unspecified atom stereocenters. The molecule has 1 aliphatic rings. The Hall–Kier alpha value is -3.18. The van der Waals surface area contributed by atoms with Crippen LogP contribution in [-0.4, -0.2) is 72.9 Å². The molecule has 0 radical (unpaired) electrons. The van der Waals surface area contributed by atoms with Crippen LogP contribution in [0, 0.1) is 20.8 Å². The Labute approximate surface area is 193 Å². The molecule has 11 heteroatoms. The van der Waals surface area contributed by atoms with Gasteiger partial charge in [-0.15, -0.1) is 0 Å². The number of methoxy groups -OCH3 is 2. The molecule has 0 spiro atoms. The molecule has 0 aliphatic carbocycles. The maximum Gasteiger partial charge on any atom is 0.246 e. The highest BCUT2D eigenvalue weighted by molar-refractivity contribution is 7.89. The van der Waals surface area contributed by atoms with Crippen molar-refractivity contribution in [1.29, 1.82) is 0 Å². The van der Waals surface area contributed by atoms with Crippen LogP contribution >= 0.6 is 0 Å². The van der Waals surface area contributed by atoms with E-state index in [2.05, 4.69) is 20.0 Å². The van der Waals surface area contributed by atoms with E-state index in [1.165, 1.54) is 24.6 Å². The van der Waals surface area contributed by atoms with Gasteiger partial charge in [-0.05, 0) is 39.0 Å². The van der Waals surface area contributed by atoms with E-state index in [0.29, 0.717) is 43.6 Å². The van der Waals surface area contributed by atoms with Gasteiger partial charge in [0.2, 0.25) is 10.0 Å². The van der Waals surface area contributed by atoms with Crippen LogP contribution in [0.15, 0.2) is 35.2 Å². The fourth-order valence-corrected chi connectivity index (χ4v) is 5.51. The summed E-state index contributed by atoms with van der Waals surface area (Å²) >= 11 is 0. The predicted molar refractivity (Wildman–Crippen MR) is 124 cm³/mol. The number of hydrogen-bond acceptors (Lipinski definition) is 8. The van der Waals surface area contributed by atoms with Crippen molar-refractivity contribution in [3.63, 3.8) is 0 Å². The number of benzene rings is 1. The number of aromatic nitrogens is 4. The second-order valence-corrected chi connectivity index (χ2v) is 9.78. The van der Waals surface area contributed by atoms with Gasteiger partial charge in [0.15, 0.2) is 5.82 Å². The van der Waals surface area contributed by atoms with E-state index in [-0.39, 0.29) is 10.6 Å². The van der Waals surface area contributed by atoms with E-state index < -0.39 is 10.0 Å². The lowest BCUT2D eigenvalue weighted by atomic mass is 10.3. The molecular weight excluding hydrogens is 444 g/mol. The molecule has 0 bridgehead atoms. The normalized spacial score (nSPS) is 15.0. The molecule has 1 aliphatic heterocycles. The highest BCUT2D eigenvalue weighted by atomic mass is 32.2. The standard InChI is InChI=1S/C22H28N6O4S/c1-15-12-16(2)28(25-15)22-14-21(23-17(3)24-22)26-8-10-27(11-9-26)33(29,30)20-7-6-18(31-4)13-19(20)32-5/h6-7,12-14H,8-11H2,1-5H3. The molecule has 1 saturated heterocycles. The van der Waals surface area contributed by atoms with Crippen LogP contribution in [0.5, 0.6) is 11.5 Å². The van der Waals surface area contributed by atoms with E-state index in [1.807, 2.05) is 32.9 Å². The van der Waals surface area contributed by atoms with Crippen molar-refractivity contribution in [2.24, 2.45) is 0 Å². The Bertz CT molecular complexity index is 1270. The zero-order chi connectivity index (χ0) is 23.8. The van der Waals surface area contributed by atoms with E-state index in [9.17, 15) is 8.42 Å². The lowest BCUT2D eigenvalue weighted by Gasteiger charge is -2.35. The third-order valence-corrected chi connectivity index (χ3v) is 7.53. The second-order valence-electron chi connectivity index (χ2n) is 7.88. The summed E-state index contributed by atoms with van der Waals surface area (Å²) in [5.41, 5.74) is 1.90. The Morgan fingerprint density at radius 2 is 1.58 bits per heavy atom. The first-order valence-electron chi connectivity index (χ1n) is 10.6. The van der Waals surface area contributed by atoms with Gasteiger partial charge in [-0.1, -0.05) is 0 Å². The maximum absolute atomic E-state index is 13.3. The minimum atomic E-state index is -3.72. The molecule has 0 amide bonds. The zero-order valence-corrected chi connectivity index (χ0v) is 20.3. The molecule has 4 rings (SSSR count). The lowest BCUT2D eigenvalue weighted by Crippen LogP contribution is -2.49. The van der Waals surface area contributed by atoms with E-state index >= 15 is 0 Å². The van der Waals surface area contributed by atoms with Crippen molar-refractivity contribution in [2.45, 2.75) is 25.7 Å². The van der Waals surface area contributed by atoms with Crippen LogP contribution in [0.3, 0.4) is 0 Å². The van der Waals surface area contributed by atoms with Gasteiger partial charge in [-0.2, -0.15) is 9.40 Å². The molecule has 0 saturated carbocycles. The second kappa shape index (κ2) is 8.99. The van der Waals surface area contributed by atoms with Gasteiger partial charge in [-0.25, -0.2) is 23.1 Å². The molecular formula is C22H28N6O4S. The highest BCUT2D eigenvalue weighted by Gasteiger charge is 2.31. The van der Waals surface area contributed by atoms with Crippen molar-refractivity contribution in [3.8, 4) is 17.3 Å². The van der Waals surface area contributed by atoms with Crippen molar-refractivity contribution in [2.75, 3.05) is 45.3 Å². The third-order valence-electron chi connectivity index (χ3n) is 5.59. The van der Waals surface area contributed by atoms with E-state index in [1.54, 1.807) is 16.8 Å². The summed E-state index contributed by atoms with van der Waals surface area (Å²) in [5, 5.41) is 4.51. The van der Waals surface area contributed by atoms with Gasteiger partial charge in [0.25, 0.3) is 0 Å². The van der Waals surface area contributed by atoms with Gasteiger partial charge in [0, 0.05) is 44.0 Å². The summed E-state index contributed by atoms with van der Waals surface area (Å²) in [5.74, 6) is 2.88. The molecule has 0 N–H and O–H groups in total. The lowest BCUT2D eigenvalue weighted by molar-refractivity contribution is 0.369. The quantitative estimate of drug-likeness (QED) is 0.538. The minimum absolute atomic E-state index is 0.129. The van der Waals surface area contributed by atoms with Crippen LogP contribution < -0.4 is 14.4 Å². The van der Waals surface area contributed by atoms with E-state index in [0.717, 1.165) is 17.2 Å². The fourth-order valence-electron chi connectivity index (χ4n) is 3.95. The third kappa shape index (κ3) is 4.51. The zero-order valence-electron chi connectivity index (χ0n) is 19.4. The molecule has 1 aromatic carbocycles. The van der Waals surface area contributed by atoms with Crippen LogP contribution in [0.25, 0.3) is 5.82 Å². The topological polar surface area (TPSA) is 103 Å². The number of hydrogen-bond donors (Lipinski definition) is 0. The molecule has 3 aromatic rings. The van der Waals surface area contributed by atoms with E-state index in [4.69, 9.17) is 9.47 Å². The van der Waals surface area contributed by atoms with Gasteiger partial charge in [0.1, 0.15) is 28.0 Å². The van der Waals surface area contributed by atoms with Gasteiger partial charge >= 0.3 is 0 Å². The smallest absolute Gasteiger partial charge is 0.246 e. The van der Waals surface area contributed by atoms with Gasteiger partial charge in [-0.3, -0.25) is 0 Å². The summed E-state index contributed by atoms with van der Waals surface area (Å²) in [6.07, 6.45) is 0. The van der Waals surface area contributed by atoms with Crippen molar-refractivity contribution < 1.29 is 17.9 Å². The Balaban J connectivity index is 1.54. The number of sulfonamides is 1. The molecule has 33 heavy (non-hydrogen) atoms. The average molecular weight is 473 g/mol. The summed E-state index contributed by atoms with van der Waals surface area (Å²) in [4.78, 5) is 11.3. The van der Waals surface area contributed by atoms with Crippen LogP contribution in [-0.2, 0) is 10.0 Å². The predicted octanol–water partition coefficient (Wildman–Crippen LogP) is 2.12. The number of piperazine rings is 1. The van der Waals surface area contributed by atoms with Crippen molar-refractivity contribution in [1.82, 2.24) is 24.1 Å². The Morgan fingerprint density at radius 1 is 0.879 bits per heavy atom. The van der Waals surface area contributed by atoms with Gasteiger partial charge in [0.05, 0.1) is 19.9 Å². The molecule has 176 valence electrons. The number of anilines is 1. The summed E-state index contributed by atoms with van der Waals surface area (Å²) in [7, 11) is -0.745. The highest BCUT2D eigenvalue weighted by Crippen LogP contribution is 2.31. The van der Waals surface area contributed by atoms with Crippen molar-refractivity contribution >= 4 is 15.8 Å². The minimum Gasteiger partial charge on any atom is -0.497 e. The first kappa shape index (κ1) is 23.0. The Morgan fingerprint density at radius 3 is 2.18 bits per heavy atom. The van der Waals surface area contributed by atoms with Crippen LogP contribution in [0.1, 0.15) is 17.2 Å². The number of aryl methyl sites for hydroxylation is 3. The molecule has 3 heterocycles. The number of rotatable bonds is 6. The monoisotopic (exact) mass is 472 g/mol. The molecule has 1 fully saturated rings. The van der Waals surface area contributed by atoms with Crippen LogP contribution in [0.2, 0.25) is 0 Å². The molecule has 10 nitrogen and oxygen atoms in total. The summed E-state index contributed by atoms with van der Waals surface area (Å²) in [6.45, 7) is 7.43. The average Bonchev–Trinajstić information content (AvgIpc) is 3.16. The fraction of sp³-hybridized carbons (Fsp3) is 0.409. The first-order valence-corrected chi connectivity index (χ1v) is 12.0. The summed E-state index contributed by atoms with van der Waals surface area (Å²) < 4.78 is 40.3. The SMILES string of the molecule is COc1ccc(S(=O)(=O)N2CCN(c3cc(-n4nc(C)cc4C)nc(C)n3)CC2)c(OC)c1. The van der Waals surface area contributed by atoms with Crippen molar-refractivity contribution in [3.05, 3.63) is 47.5 Å².